The van der Waals surface area contributed by atoms with Crippen molar-refractivity contribution < 1.29 is 14.3 Å². The second-order valence-corrected chi connectivity index (χ2v) is 6.91. The van der Waals surface area contributed by atoms with Crippen molar-refractivity contribution in [1.29, 1.82) is 0 Å². The number of aliphatic imine (C=N–C) groups is 1. The quantitative estimate of drug-likeness (QED) is 0.686. The van der Waals surface area contributed by atoms with Gasteiger partial charge in [-0.3, -0.25) is 9.69 Å². The summed E-state index contributed by atoms with van der Waals surface area (Å²) in [7, 11) is 1.60. The predicted octanol–water partition coefficient (Wildman–Crippen LogP) is 4.59. The number of anilines is 1. The topological polar surface area (TPSA) is 51.1 Å². The van der Waals surface area contributed by atoms with Gasteiger partial charge < -0.3 is 9.47 Å². The first-order chi connectivity index (χ1) is 13.2. The van der Waals surface area contributed by atoms with Gasteiger partial charge in [0.2, 0.25) is 0 Å². The van der Waals surface area contributed by atoms with Crippen LogP contribution in [0, 0.1) is 0 Å². The first-order valence-electron chi connectivity index (χ1n) is 8.81. The van der Waals surface area contributed by atoms with Gasteiger partial charge in [-0.1, -0.05) is 43.0 Å². The Labute approximate surface area is 163 Å². The maximum Gasteiger partial charge on any atom is 0.283 e. The fraction of sp³-hybridized carbons (Fsp3) is 0.238. The molecule has 0 bridgehead atoms. The molecule has 1 aliphatic rings. The van der Waals surface area contributed by atoms with E-state index in [0.717, 1.165) is 17.0 Å². The summed E-state index contributed by atoms with van der Waals surface area (Å²) >= 11 is 1.55. The van der Waals surface area contributed by atoms with Gasteiger partial charge in [-0.25, -0.2) is 4.99 Å². The first kappa shape index (κ1) is 19.0. The summed E-state index contributed by atoms with van der Waals surface area (Å²) in [6.45, 7) is 4.52. The monoisotopic (exact) mass is 382 g/mol. The minimum Gasteiger partial charge on any atom is -0.493 e. The summed E-state index contributed by atoms with van der Waals surface area (Å²) in [5.41, 5.74) is 2.05. The number of thioether (sulfide) groups is 1. The van der Waals surface area contributed by atoms with Crippen LogP contribution in [0.15, 0.2) is 59.2 Å². The van der Waals surface area contributed by atoms with Gasteiger partial charge in [0, 0.05) is 0 Å². The lowest BCUT2D eigenvalue weighted by atomic mass is 10.1. The minimum absolute atomic E-state index is 0.134. The molecule has 0 spiro atoms. The van der Waals surface area contributed by atoms with Crippen molar-refractivity contribution >= 4 is 34.6 Å². The molecule has 0 aromatic heterocycles. The average molecular weight is 382 g/mol. The summed E-state index contributed by atoms with van der Waals surface area (Å²) in [6, 6.07) is 15.1. The molecule has 0 radical (unpaired) electrons. The number of hydrogen-bond acceptors (Lipinski definition) is 5. The molecule has 0 aliphatic carbocycles. The summed E-state index contributed by atoms with van der Waals surface area (Å²) in [5, 5.41) is 0.692. The number of carbonyl (C=O) groups excluding carboxylic acids is 1. The number of para-hydroxylation sites is 1. The molecule has 1 aliphatic heterocycles. The minimum atomic E-state index is -0.134. The molecule has 6 heteroatoms. The fourth-order valence-electron chi connectivity index (χ4n) is 2.73. The summed E-state index contributed by atoms with van der Waals surface area (Å²) in [5.74, 6) is 2.00. The Bertz CT molecular complexity index is 878. The summed E-state index contributed by atoms with van der Waals surface area (Å²) in [4.78, 5) is 19.2. The molecule has 5 nitrogen and oxygen atoms in total. The second kappa shape index (κ2) is 8.77. The van der Waals surface area contributed by atoms with E-state index in [1.165, 1.54) is 0 Å². The molecule has 1 amide bonds. The van der Waals surface area contributed by atoms with Crippen molar-refractivity contribution in [3.8, 4) is 11.5 Å². The Hall–Kier alpha value is -2.73. The van der Waals surface area contributed by atoms with E-state index in [-0.39, 0.29) is 5.91 Å². The third kappa shape index (κ3) is 4.17. The van der Waals surface area contributed by atoms with Gasteiger partial charge in [0.05, 0.1) is 19.4 Å². The molecule has 0 atom stereocenters. The van der Waals surface area contributed by atoms with Crippen molar-refractivity contribution in [2.24, 2.45) is 4.99 Å². The first-order valence-corrected chi connectivity index (χ1v) is 9.80. The van der Waals surface area contributed by atoms with Crippen LogP contribution in [0.1, 0.15) is 19.4 Å². The van der Waals surface area contributed by atoms with Gasteiger partial charge in [0.25, 0.3) is 5.91 Å². The lowest BCUT2D eigenvalue weighted by molar-refractivity contribution is -0.113. The van der Waals surface area contributed by atoms with Crippen molar-refractivity contribution in [2.45, 2.75) is 13.8 Å². The fourth-order valence-corrected chi connectivity index (χ4v) is 3.47. The van der Waals surface area contributed by atoms with Crippen molar-refractivity contribution in [2.75, 3.05) is 24.4 Å². The zero-order chi connectivity index (χ0) is 19.2. The normalized spacial score (nSPS) is 15.2. The van der Waals surface area contributed by atoms with Gasteiger partial charge in [-0.15, -0.1) is 0 Å². The smallest absolute Gasteiger partial charge is 0.283 e. The highest BCUT2D eigenvalue weighted by Crippen LogP contribution is 2.32. The van der Waals surface area contributed by atoms with E-state index in [9.17, 15) is 4.79 Å². The molecular formula is C21H22N2O3S. The van der Waals surface area contributed by atoms with E-state index < -0.39 is 0 Å². The largest absolute Gasteiger partial charge is 0.493 e. The lowest BCUT2D eigenvalue weighted by Crippen LogP contribution is -2.30. The van der Waals surface area contributed by atoms with Gasteiger partial charge in [0.1, 0.15) is 5.70 Å². The number of hydrogen-bond donors (Lipinski definition) is 0. The number of ether oxygens (including phenoxy) is 2. The zero-order valence-corrected chi connectivity index (χ0v) is 16.5. The van der Waals surface area contributed by atoms with E-state index in [4.69, 9.17) is 9.47 Å². The van der Waals surface area contributed by atoms with Crippen molar-refractivity contribution in [1.82, 2.24) is 0 Å². The zero-order valence-electron chi connectivity index (χ0n) is 15.6. The Morgan fingerprint density at radius 3 is 2.56 bits per heavy atom. The van der Waals surface area contributed by atoms with Crippen LogP contribution in [-0.4, -0.2) is 30.5 Å². The number of nitrogens with zero attached hydrogens (tertiary/aromatic N) is 2. The second-order valence-electron chi connectivity index (χ2n) is 5.68. The highest BCUT2D eigenvalue weighted by atomic mass is 32.2. The van der Waals surface area contributed by atoms with E-state index in [1.807, 2.05) is 62.4 Å². The van der Waals surface area contributed by atoms with Crippen LogP contribution >= 0.6 is 11.8 Å². The average Bonchev–Trinajstić information content (AvgIpc) is 2.99. The molecule has 0 saturated heterocycles. The van der Waals surface area contributed by atoms with Crippen LogP contribution in [0.4, 0.5) is 5.69 Å². The SMILES string of the molecule is CCOc1ccc(/C=C2/N=C(SCC)N(c3ccccc3)C2=O)cc1OC. The molecule has 2 aromatic rings. The Kier molecular flexibility index (Phi) is 6.19. The predicted molar refractivity (Wildman–Crippen MR) is 112 cm³/mol. The number of methoxy groups -OCH3 is 1. The van der Waals surface area contributed by atoms with Crippen LogP contribution in [-0.2, 0) is 4.79 Å². The van der Waals surface area contributed by atoms with E-state index in [2.05, 4.69) is 4.99 Å². The highest BCUT2D eigenvalue weighted by molar-refractivity contribution is 8.14. The molecule has 0 fully saturated rings. The number of benzene rings is 2. The Morgan fingerprint density at radius 1 is 1.11 bits per heavy atom. The maximum absolute atomic E-state index is 13.0. The van der Waals surface area contributed by atoms with Gasteiger partial charge in [0.15, 0.2) is 16.7 Å². The molecule has 2 aromatic carbocycles. The maximum atomic E-state index is 13.0. The third-order valence-electron chi connectivity index (χ3n) is 3.91. The van der Waals surface area contributed by atoms with Crippen LogP contribution in [0.25, 0.3) is 6.08 Å². The lowest BCUT2D eigenvalue weighted by Gasteiger charge is -2.17. The Balaban J connectivity index is 1.95. The third-order valence-corrected chi connectivity index (χ3v) is 4.73. The number of rotatable bonds is 6. The van der Waals surface area contributed by atoms with Crippen LogP contribution in [0.3, 0.4) is 0 Å². The summed E-state index contributed by atoms with van der Waals surface area (Å²) in [6.07, 6.45) is 1.78. The standard InChI is InChI=1S/C21H22N2O3S/c1-4-26-18-12-11-15(14-19(18)25-3)13-17-20(24)23(21(22-17)27-5-2)16-9-7-6-8-10-16/h6-14H,4-5H2,1-3H3/b17-13+. The van der Waals surface area contributed by atoms with Gasteiger partial charge >= 0.3 is 0 Å². The number of carbonyl (C=O) groups is 1. The molecule has 0 saturated carbocycles. The number of amidine groups is 1. The van der Waals surface area contributed by atoms with E-state index in [1.54, 1.807) is 29.8 Å². The van der Waals surface area contributed by atoms with E-state index in [0.29, 0.717) is 29.0 Å². The molecule has 0 N–H and O–H groups in total. The number of amides is 1. The molecule has 0 unspecified atom stereocenters. The summed E-state index contributed by atoms with van der Waals surface area (Å²) < 4.78 is 10.9. The van der Waals surface area contributed by atoms with Gasteiger partial charge in [-0.2, -0.15) is 0 Å². The van der Waals surface area contributed by atoms with E-state index >= 15 is 0 Å². The molecular weight excluding hydrogens is 360 g/mol. The van der Waals surface area contributed by atoms with Gasteiger partial charge in [-0.05, 0) is 48.6 Å². The van der Waals surface area contributed by atoms with Crippen molar-refractivity contribution in [3.05, 3.63) is 59.8 Å². The molecule has 1 heterocycles. The van der Waals surface area contributed by atoms with Crippen LogP contribution in [0.2, 0.25) is 0 Å². The molecule has 140 valence electrons. The van der Waals surface area contributed by atoms with Crippen LogP contribution < -0.4 is 14.4 Å². The Morgan fingerprint density at radius 2 is 1.89 bits per heavy atom. The van der Waals surface area contributed by atoms with Crippen LogP contribution in [0.5, 0.6) is 11.5 Å². The molecule has 27 heavy (non-hydrogen) atoms. The van der Waals surface area contributed by atoms with Crippen molar-refractivity contribution in [3.63, 3.8) is 0 Å². The molecule has 3 rings (SSSR count). The highest BCUT2D eigenvalue weighted by Gasteiger charge is 2.31.